The Balaban J connectivity index is 5.38. The molecule has 0 bridgehead atoms. The molecule has 4 nitrogen and oxygen atoms in total. The smallest absolute Gasteiger partial charge is 0.351 e. The van der Waals surface area contributed by atoms with Crippen molar-refractivity contribution in [1.82, 2.24) is 0 Å². The van der Waals surface area contributed by atoms with Gasteiger partial charge in [0, 0.05) is 0 Å². The molecule has 2 atom stereocenters. The third-order valence-corrected chi connectivity index (χ3v) is 2.48. The van der Waals surface area contributed by atoms with Gasteiger partial charge < -0.3 is 20.4 Å². The highest BCUT2D eigenvalue weighted by Gasteiger charge is 2.79. The van der Waals surface area contributed by atoms with E-state index in [-0.39, 0.29) is 12.8 Å². The van der Waals surface area contributed by atoms with Gasteiger partial charge in [-0.25, -0.2) is 4.39 Å². The molecule has 19 heavy (non-hydrogen) atoms. The zero-order valence-corrected chi connectivity index (χ0v) is 9.76. The van der Waals surface area contributed by atoms with E-state index in [0.717, 1.165) is 0 Å². The summed E-state index contributed by atoms with van der Waals surface area (Å²) in [4.78, 5) is 0. The van der Waals surface area contributed by atoms with Crippen molar-refractivity contribution in [1.29, 1.82) is 0 Å². The molecule has 0 aromatic heterocycles. The topological polar surface area (TPSA) is 80.9 Å². The molecule has 0 aliphatic heterocycles. The van der Waals surface area contributed by atoms with Crippen molar-refractivity contribution in [3.05, 3.63) is 0 Å². The zero-order chi connectivity index (χ0) is 15.7. The van der Waals surface area contributed by atoms with E-state index in [2.05, 4.69) is 0 Å². The molecule has 0 saturated heterocycles. The van der Waals surface area contributed by atoms with Gasteiger partial charge >= 0.3 is 23.7 Å². The minimum atomic E-state index is -6.27. The third-order valence-electron chi connectivity index (χ3n) is 2.48. The quantitative estimate of drug-likeness (QED) is 0.419. The van der Waals surface area contributed by atoms with Crippen LogP contribution in [-0.4, -0.2) is 50.3 Å². The van der Waals surface area contributed by atoms with Gasteiger partial charge in [-0.2, -0.15) is 22.0 Å². The van der Waals surface area contributed by atoms with Crippen molar-refractivity contribution in [2.75, 3.05) is 0 Å². The van der Waals surface area contributed by atoms with Crippen LogP contribution in [0.4, 0.5) is 26.3 Å². The predicted molar refractivity (Wildman–Crippen MR) is 49.8 cm³/mol. The average Bonchev–Trinajstić information content (AvgIpc) is 2.23. The lowest BCUT2D eigenvalue weighted by Gasteiger charge is -2.38. The van der Waals surface area contributed by atoms with Crippen LogP contribution in [0.15, 0.2) is 0 Å². The van der Waals surface area contributed by atoms with Gasteiger partial charge in [0.05, 0.1) is 0 Å². The Labute approximate surface area is 104 Å². The molecule has 0 radical (unpaired) electrons. The predicted octanol–water partition coefficient (Wildman–Crippen LogP) is 1.07. The largest absolute Gasteiger partial charge is 0.378 e. The first kappa shape index (κ1) is 18.4. The molecule has 0 saturated carbocycles. The summed E-state index contributed by atoms with van der Waals surface area (Å²) in [7, 11) is 0. The number of halogens is 6. The van der Waals surface area contributed by atoms with Gasteiger partial charge in [-0.3, -0.25) is 0 Å². The number of unbranched alkanes of at least 4 members (excludes halogenated alkanes) is 1. The van der Waals surface area contributed by atoms with Crippen molar-refractivity contribution in [2.45, 2.75) is 56.0 Å². The summed E-state index contributed by atoms with van der Waals surface area (Å²) in [6.45, 7) is 1.45. The average molecular weight is 300 g/mol. The molecule has 0 aliphatic rings. The van der Waals surface area contributed by atoms with Crippen LogP contribution in [0.1, 0.15) is 26.2 Å². The van der Waals surface area contributed by atoms with E-state index in [0.29, 0.717) is 0 Å². The first-order valence-corrected chi connectivity index (χ1v) is 5.21. The first-order valence-electron chi connectivity index (χ1n) is 5.21. The second-order valence-corrected chi connectivity index (χ2v) is 4.06. The van der Waals surface area contributed by atoms with Crippen LogP contribution in [0, 0.1) is 0 Å². The van der Waals surface area contributed by atoms with Crippen LogP contribution >= 0.6 is 0 Å². The molecule has 0 amide bonds. The Hall–Kier alpha value is -0.580. The molecule has 10 heteroatoms. The third kappa shape index (κ3) is 3.12. The maximum atomic E-state index is 13.1. The lowest BCUT2D eigenvalue weighted by Crippen LogP contribution is -2.69. The summed E-state index contributed by atoms with van der Waals surface area (Å²) in [6.07, 6.45) is -4.65. The Morgan fingerprint density at radius 1 is 0.947 bits per heavy atom. The van der Waals surface area contributed by atoms with E-state index in [9.17, 15) is 26.3 Å². The van der Waals surface area contributed by atoms with Crippen LogP contribution < -0.4 is 0 Å². The van der Waals surface area contributed by atoms with E-state index in [4.69, 9.17) is 20.4 Å². The van der Waals surface area contributed by atoms with Gasteiger partial charge in [0.1, 0.15) is 0 Å². The van der Waals surface area contributed by atoms with Crippen molar-refractivity contribution in [2.24, 2.45) is 0 Å². The van der Waals surface area contributed by atoms with Gasteiger partial charge in [0.15, 0.2) is 6.17 Å². The standard InChI is InChI=1S/C9H14F6O4/c1-2-3-4-5(10)6(11,12)7(13,14)8(15,16)9(17,18)19/h5,16-19H,2-4H2,1H3. The summed E-state index contributed by atoms with van der Waals surface area (Å²) in [6, 6.07) is 0. The summed E-state index contributed by atoms with van der Waals surface area (Å²) in [5.74, 6) is -23.1. The molecular formula is C9H14F6O4. The van der Waals surface area contributed by atoms with Crippen molar-refractivity contribution in [3.8, 4) is 0 Å². The molecule has 0 fully saturated rings. The molecule has 4 N–H and O–H groups in total. The van der Waals surface area contributed by atoms with Gasteiger partial charge in [-0.15, -0.1) is 0 Å². The minimum Gasteiger partial charge on any atom is -0.351 e. The molecule has 0 aliphatic carbocycles. The fourth-order valence-corrected chi connectivity index (χ4v) is 1.19. The van der Waals surface area contributed by atoms with Crippen molar-refractivity contribution in [3.63, 3.8) is 0 Å². The molecule has 0 rings (SSSR count). The van der Waals surface area contributed by atoms with Crippen molar-refractivity contribution >= 4 is 0 Å². The molecule has 116 valence electrons. The zero-order valence-electron chi connectivity index (χ0n) is 9.76. The van der Waals surface area contributed by atoms with Crippen LogP contribution in [0.2, 0.25) is 0 Å². The maximum absolute atomic E-state index is 13.1. The second-order valence-electron chi connectivity index (χ2n) is 4.06. The Bertz CT molecular complexity index is 302. The van der Waals surface area contributed by atoms with Crippen LogP contribution in [0.25, 0.3) is 0 Å². The highest BCUT2D eigenvalue weighted by atomic mass is 19.3. The first-order chi connectivity index (χ1) is 8.23. The molecule has 0 heterocycles. The highest BCUT2D eigenvalue weighted by molar-refractivity contribution is 5.02. The van der Waals surface area contributed by atoms with Gasteiger partial charge in [-0.1, -0.05) is 19.8 Å². The normalized spacial score (nSPS) is 19.1. The summed E-state index contributed by atoms with van der Waals surface area (Å²) in [5.41, 5.74) is 0. The van der Waals surface area contributed by atoms with E-state index in [1.165, 1.54) is 6.92 Å². The summed E-state index contributed by atoms with van der Waals surface area (Å²) in [5, 5.41) is 32.8. The van der Waals surface area contributed by atoms with Crippen LogP contribution in [-0.2, 0) is 0 Å². The molecule has 0 spiro atoms. The summed E-state index contributed by atoms with van der Waals surface area (Å²) < 4.78 is 78.3. The number of alkyl halides is 6. The van der Waals surface area contributed by atoms with Gasteiger partial charge in [0.25, 0.3) is 0 Å². The molecule has 0 aromatic carbocycles. The second kappa shape index (κ2) is 5.43. The number of hydrogen-bond acceptors (Lipinski definition) is 4. The Kier molecular flexibility index (Phi) is 5.26. The number of rotatable bonds is 7. The number of aliphatic hydroxyl groups is 4. The van der Waals surface area contributed by atoms with E-state index < -0.39 is 36.3 Å². The monoisotopic (exact) mass is 300 g/mol. The lowest BCUT2D eigenvalue weighted by molar-refractivity contribution is -0.488. The number of hydrogen-bond donors (Lipinski definition) is 4. The van der Waals surface area contributed by atoms with Gasteiger partial charge in [0.2, 0.25) is 0 Å². The fraction of sp³-hybridized carbons (Fsp3) is 1.00. The molecule has 2 unspecified atom stereocenters. The minimum absolute atomic E-state index is 0.186. The molecule has 0 aromatic rings. The Morgan fingerprint density at radius 3 is 1.68 bits per heavy atom. The van der Waals surface area contributed by atoms with E-state index in [1.807, 2.05) is 0 Å². The van der Waals surface area contributed by atoms with Crippen molar-refractivity contribution < 1.29 is 46.8 Å². The van der Waals surface area contributed by atoms with Gasteiger partial charge in [-0.05, 0) is 6.42 Å². The van der Waals surface area contributed by atoms with Crippen LogP contribution in [0.3, 0.4) is 0 Å². The summed E-state index contributed by atoms with van der Waals surface area (Å²) >= 11 is 0. The SMILES string of the molecule is CCCCC(F)C(F)(F)C(F)(F)C(O)(F)C(O)(O)O. The fourth-order valence-electron chi connectivity index (χ4n) is 1.19. The Morgan fingerprint density at radius 2 is 1.37 bits per heavy atom. The van der Waals surface area contributed by atoms with Crippen LogP contribution in [0.5, 0.6) is 0 Å². The molecular weight excluding hydrogens is 286 g/mol. The van der Waals surface area contributed by atoms with E-state index >= 15 is 0 Å². The lowest BCUT2D eigenvalue weighted by atomic mass is 9.95. The highest BCUT2D eigenvalue weighted by Crippen LogP contribution is 2.49. The maximum Gasteiger partial charge on any atom is 0.378 e. The van der Waals surface area contributed by atoms with E-state index in [1.54, 1.807) is 0 Å².